The molecule has 1 heterocycles. The minimum atomic E-state index is 0.573. The number of rotatable bonds is 5. The summed E-state index contributed by atoms with van der Waals surface area (Å²) < 4.78 is 18.7. The highest BCUT2D eigenvalue weighted by Crippen LogP contribution is 2.45. The topological polar surface area (TPSA) is 32.6 Å². The van der Waals surface area contributed by atoms with Crippen LogP contribution in [0.1, 0.15) is 5.69 Å². The standard InChI is InChI=1S/C20H20ClNO3/c1-13-5-11-17(22(13)15-8-6-14(21)7-9-15)16-10-12-18(23-2)20(25-4)19(16)24-3/h5-12H,1-4H3. The number of ether oxygens (including phenoxy) is 3. The molecule has 0 spiro atoms. The third-order valence-corrected chi connectivity index (χ3v) is 4.39. The van der Waals surface area contributed by atoms with Crippen molar-refractivity contribution in [1.29, 1.82) is 0 Å². The number of aromatic nitrogens is 1. The molecule has 0 bridgehead atoms. The first-order valence-corrected chi connectivity index (χ1v) is 8.22. The summed E-state index contributed by atoms with van der Waals surface area (Å²) in [6.45, 7) is 2.06. The van der Waals surface area contributed by atoms with Crippen molar-refractivity contribution in [3.05, 3.63) is 59.2 Å². The van der Waals surface area contributed by atoms with E-state index >= 15 is 0 Å². The van der Waals surface area contributed by atoms with E-state index in [2.05, 4.69) is 23.6 Å². The highest BCUT2D eigenvalue weighted by molar-refractivity contribution is 6.30. The molecule has 5 heteroatoms. The normalized spacial score (nSPS) is 10.6. The number of benzene rings is 2. The Morgan fingerprint density at radius 3 is 2.04 bits per heavy atom. The first kappa shape index (κ1) is 17.2. The molecule has 0 radical (unpaired) electrons. The fourth-order valence-corrected chi connectivity index (χ4v) is 3.11. The van der Waals surface area contributed by atoms with Crippen LogP contribution in [0.15, 0.2) is 48.5 Å². The molecule has 130 valence electrons. The van der Waals surface area contributed by atoms with E-state index in [-0.39, 0.29) is 0 Å². The zero-order valence-corrected chi connectivity index (χ0v) is 15.4. The van der Waals surface area contributed by atoms with Crippen LogP contribution in [0.4, 0.5) is 0 Å². The molecule has 25 heavy (non-hydrogen) atoms. The lowest BCUT2D eigenvalue weighted by Crippen LogP contribution is -2.02. The highest BCUT2D eigenvalue weighted by atomic mass is 35.5. The van der Waals surface area contributed by atoms with Gasteiger partial charge in [-0.15, -0.1) is 0 Å². The predicted octanol–water partition coefficient (Wildman–Crippen LogP) is 5.13. The van der Waals surface area contributed by atoms with Crippen molar-refractivity contribution in [3.8, 4) is 34.2 Å². The molecule has 0 saturated carbocycles. The molecule has 0 amide bonds. The maximum absolute atomic E-state index is 6.03. The van der Waals surface area contributed by atoms with Gasteiger partial charge in [0, 0.05) is 22.0 Å². The Bertz CT molecular complexity index is 885. The Hall–Kier alpha value is -2.59. The fourth-order valence-electron chi connectivity index (χ4n) is 2.98. The van der Waals surface area contributed by atoms with Crippen LogP contribution >= 0.6 is 11.6 Å². The van der Waals surface area contributed by atoms with Gasteiger partial charge in [-0.2, -0.15) is 0 Å². The largest absolute Gasteiger partial charge is 0.493 e. The third-order valence-electron chi connectivity index (χ3n) is 4.14. The molecule has 0 aliphatic rings. The third kappa shape index (κ3) is 3.05. The van der Waals surface area contributed by atoms with Crippen LogP contribution in [0, 0.1) is 6.92 Å². The van der Waals surface area contributed by atoms with Crippen molar-refractivity contribution < 1.29 is 14.2 Å². The lowest BCUT2D eigenvalue weighted by atomic mass is 10.1. The molecule has 0 atom stereocenters. The summed E-state index contributed by atoms with van der Waals surface area (Å²) in [6.07, 6.45) is 0. The van der Waals surface area contributed by atoms with E-state index in [0.29, 0.717) is 22.3 Å². The molecule has 3 aromatic rings. The van der Waals surface area contributed by atoms with Crippen LogP contribution in [0.25, 0.3) is 16.9 Å². The summed E-state index contributed by atoms with van der Waals surface area (Å²) in [4.78, 5) is 0. The minimum Gasteiger partial charge on any atom is -0.493 e. The van der Waals surface area contributed by atoms with Gasteiger partial charge in [0.1, 0.15) is 0 Å². The molecule has 2 aromatic carbocycles. The van der Waals surface area contributed by atoms with E-state index in [4.69, 9.17) is 25.8 Å². The number of aryl methyl sites for hydroxylation is 1. The second-order valence-electron chi connectivity index (χ2n) is 5.55. The van der Waals surface area contributed by atoms with Crippen LogP contribution in [0.2, 0.25) is 5.02 Å². The van der Waals surface area contributed by atoms with Gasteiger partial charge in [0.05, 0.1) is 27.0 Å². The van der Waals surface area contributed by atoms with E-state index in [1.165, 1.54) is 0 Å². The van der Waals surface area contributed by atoms with E-state index < -0.39 is 0 Å². The van der Waals surface area contributed by atoms with E-state index in [1.807, 2.05) is 36.4 Å². The number of hydrogen-bond acceptors (Lipinski definition) is 3. The van der Waals surface area contributed by atoms with Gasteiger partial charge in [-0.05, 0) is 55.5 Å². The quantitative estimate of drug-likeness (QED) is 0.634. The summed E-state index contributed by atoms with van der Waals surface area (Å²) in [7, 11) is 4.84. The van der Waals surface area contributed by atoms with Crippen LogP contribution in [0.5, 0.6) is 17.2 Å². The summed E-state index contributed by atoms with van der Waals surface area (Å²) in [5.74, 6) is 1.84. The van der Waals surface area contributed by atoms with E-state index in [9.17, 15) is 0 Å². The number of hydrogen-bond donors (Lipinski definition) is 0. The zero-order chi connectivity index (χ0) is 18.0. The molecule has 3 rings (SSSR count). The molecule has 0 fully saturated rings. The van der Waals surface area contributed by atoms with Crippen molar-refractivity contribution in [3.63, 3.8) is 0 Å². The maximum Gasteiger partial charge on any atom is 0.203 e. The molecule has 1 aromatic heterocycles. The van der Waals surface area contributed by atoms with Gasteiger partial charge >= 0.3 is 0 Å². The van der Waals surface area contributed by atoms with Crippen molar-refractivity contribution >= 4 is 11.6 Å². The Morgan fingerprint density at radius 1 is 0.760 bits per heavy atom. The number of methoxy groups -OCH3 is 3. The van der Waals surface area contributed by atoms with Gasteiger partial charge < -0.3 is 18.8 Å². The average Bonchev–Trinajstić information content (AvgIpc) is 3.02. The van der Waals surface area contributed by atoms with Crippen molar-refractivity contribution in [2.24, 2.45) is 0 Å². The van der Waals surface area contributed by atoms with Gasteiger partial charge in [0.25, 0.3) is 0 Å². The Morgan fingerprint density at radius 2 is 1.44 bits per heavy atom. The van der Waals surface area contributed by atoms with E-state index in [1.54, 1.807) is 21.3 Å². The summed E-state index contributed by atoms with van der Waals surface area (Å²) in [5.41, 5.74) is 4.05. The number of nitrogens with zero attached hydrogens (tertiary/aromatic N) is 1. The lowest BCUT2D eigenvalue weighted by Gasteiger charge is -2.18. The second kappa shape index (κ2) is 7.11. The summed E-state index contributed by atoms with van der Waals surface area (Å²) in [6, 6.07) is 15.7. The maximum atomic E-state index is 6.03. The van der Waals surface area contributed by atoms with Crippen LogP contribution in [-0.4, -0.2) is 25.9 Å². The molecular formula is C20H20ClNO3. The molecule has 0 aliphatic carbocycles. The van der Waals surface area contributed by atoms with Crippen LogP contribution in [-0.2, 0) is 0 Å². The Labute approximate surface area is 152 Å². The Balaban J connectivity index is 2.23. The first-order chi connectivity index (χ1) is 12.1. The van der Waals surface area contributed by atoms with Gasteiger partial charge in [-0.1, -0.05) is 11.6 Å². The monoisotopic (exact) mass is 357 g/mol. The summed E-state index contributed by atoms with van der Waals surface area (Å²) >= 11 is 6.03. The van der Waals surface area contributed by atoms with Gasteiger partial charge in [0.15, 0.2) is 11.5 Å². The fraction of sp³-hybridized carbons (Fsp3) is 0.200. The van der Waals surface area contributed by atoms with Crippen LogP contribution < -0.4 is 14.2 Å². The molecule has 0 unspecified atom stereocenters. The SMILES string of the molecule is COc1ccc(-c2ccc(C)n2-c2ccc(Cl)cc2)c(OC)c1OC. The summed E-state index contributed by atoms with van der Waals surface area (Å²) in [5, 5.41) is 0.707. The zero-order valence-electron chi connectivity index (χ0n) is 14.7. The smallest absolute Gasteiger partial charge is 0.203 e. The second-order valence-corrected chi connectivity index (χ2v) is 5.99. The van der Waals surface area contributed by atoms with Gasteiger partial charge in [-0.25, -0.2) is 0 Å². The average molecular weight is 358 g/mol. The predicted molar refractivity (Wildman–Crippen MR) is 101 cm³/mol. The van der Waals surface area contributed by atoms with E-state index in [0.717, 1.165) is 22.6 Å². The molecule has 0 saturated heterocycles. The molecular weight excluding hydrogens is 338 g/mol. The minimum absolute atomic E-state index is 0.573. The molecule has 4 nitrogen and oxygen atoms in total. The Kier molecular flexibility index (Phi) is 4.91. The van der Waals surface area contributed by atoms with Gasteiger partial charge in [0.2, 0.25) is 5.75 Å². The number of halogens is 1. The van der Waals surface area contributed by atoms with Crippen molar-refractivity contribution in [1.82, 2.24) is 4.57 Å². The highest BCUT2D eigenvalue weighted by Gasteiger charge is 2.20. The molecule has 0 N–H and O–H groups in total. The molecule has 0 aliphatic heterocycles. The van der Waals surface area contributed by atoms with Crippen molar-refractivity contribution in [2.75, 3.05) is 21.3 Å². The van der Waals surface area contributed by atoms with Crippen molar-refractivity contribution in [2.45, 2.75) is 6.92 Å². The first-order valence-electron chi connectivity index (χ1n) is 7.84. The van der Waals surface area contributed by atoms with Gasteiger partial charge in [-0.3, -0.25) is 0 Å². The van der Waals surface area contributed by atoms with Crippen LogP contribution in [0.3, 0.4) is 0 Å². The lowest BCUT2D eigenvalue weighted by molar-refractivity contribution is 0.325.